The number of hydrogen-bond donors (Lipinski definition) is 0. The summed E-state index contributed by atoms with van der Waals surface area (Å²) in [5.74, 6) is 1.04. The van der Waals surface area contributed by atoms with Gasteiger partial charge in [-0.05, 0) is 28.9 Å². The molecule has 0 saturated heterocycles. The molecular formula is C14H12BrClFN3S. The van der Waals surface area contributed by atoms with Crippen LogP contribution in [0.1, 0.15) is 16.4 Å². The fourth-order valence-electron chi connectivity index (χ4n) is 2.24. The van der Waals surface area contributed by atoms with Crippen molar-refractivity contribution in [2.24, 2.45) is 0 Å². The van der Waals surface area contributed by atoms with E-state index in [1.807, 2.05) is 12.4 Å². The van der Waals surface area contributed by atoms with E-state index in [1.54, 1.807) is 17.4 Å². The summed E-state index contributed by atoms with van der Waals surface area (Å²) in [7, 11) is 0. The summed E-state index contributed by atoms with van der Waals surface area (Å²) in [6.45, 7) is 2.67. The Morgan fingerprint density at radius 3 is 2.90 bits per heavy atom. The van der Waals surface area contributed by atoms with Crippen LogP contribution in [0, 0.1) is 12.7 Å². The smallest absolute Gasteiger partial charge is 0.139 e. The molecule has 0 N–H and O–H groups in total. The third-order valence-electron chi connectivity index (χ3n) is 3.33. The van der Waals surface area contributed by atoms with E-state index in [9.17, 15) is 4.39 Å². The predicted molar refractivity (Wildman–Crippen MR) is 87.8 cm³/mol. The molecule has 0 unspecified atom stereocenters. The van der Waals surface area contributed by atoms with Crippen molar-refractivity contribution < 1.29 is 4.39 Å². The van der Waals surface area contributed by atoms with E-state index in [-0.39, 0.29) is 5.82 Å². The Kier molecular flexibility index (Phi) is 4.28. The number of fused-ring (bicyclic) bond motifs is 1. The summed E-state index contributed by atoms with van der Waals surface area (Å²) in [6.07, 6.45) is 0.646. The molecule has 0 spiro atoms. The molecule has 0 amide bonds. The lowest BCUT2D eigenvalue weighted by Gasteiger charge is -2.08. The molecule has 1 aromatic carbocycles. The topological polar surface area (TPSA) is 30.7 Å². The monoisotopic (exact) mass is 387 g/mol. The van der Waals surface area contributed by atoms with E-state index in [1.165, 1.54) is 10.9 Å². The number of alkyl halides is 1. The van der Waals surface area contributed by atoms with Crippen LogP contribution in [0.4, 0.5) is 4.39 Å². The van der Waals surface area contributed by atoms with Gasteiger partial charge in [0.25, 0.3) is 0 Å². The van der Waals surface area contributed by atoms with Crippen molar-refractivity contribution in [2.45, 2.75) is 19.9 Å². The molecule has 0 aliphatic rings. The van der Waals surface area contributed by atoms with E-state index >= 15 is 0 Å². The maximum Gasteiger partial charge on any atom is 0.139 e. The third kappa shape index (κ3) is 2.84. The number of thiazole rings is 1. The number of imidazole rings is 1. The largest absolute Gasteiger partial charge is 0.323 e. The van der Waals surface area contributed by atoms with Crippen LogP contribution < -0.4 is 0 Å². The Hall–Kier alpha value is -0.980. The SMILES string of the molecule is Cc1ncsc1Cn1c(CCCl)nc2cc(F)c(Br)cc21. The van der Waals surface area contributed by atoms with Crippen LogP contribution >= 0.6 is 38.9 Å². The second-order valence-electron chi connectivity index (χ2n) is 4.67. The van der Waals surface area contributed by atoms with E-state index in [4.69, 9.17) is 11.6 Å². The molecule has 3 rings (SSSR count). The maximum absolute atomic E-state index is 13.7. The molecule has 0 saturated carbocycles. The molecule has 0 radical (unpaired) electrons. The maximum atomic E-state index is 13.7. The highest BCUT2D eigenvalue weighted by Crippen LogP contribution is 2.26. The average Bonchev–Trinajstić information content (AvgIpc) is 2.98. The zero-order valence-corrected chi connectivity index (χ0v) is 14.4. The van der Waals surface area contributed by atoms with Crippen molar-refractivity contribution in [1.29, 1.82) is 0 Å². The first-order valence-electron chi connectivity index (χ1n) is 6.39. The lowest BCUT2D eigenvalue weighted by molar-refractivity contribution is 0.622. The van der Waals surface area contributed by atoms with Crippen molar-refractivity contribution in [3.8, 4) is 0 Å². The molecule has 21 heavy (non-hydrogen) atoms. The van der Waals surface area contributed by atoms with Gasteiger partial charge >= 0.3 is 0 Å². The van der Waals surface area contributed by atoms with Crippen molar-refractivity contribution >= 4 is 49.9 Å². The van der Waals surface area contributed by atoms with Gasteiger partial charge in [-0.15, -0.1) is 22.9 Å². The first-order valence-corrected chi connectivity index (χ1v) is 8.60. The summed E-state index contributed by atoms with van der Waals surface area (Å²) in [5, 5.41) is 0. The Morgan fingerprint density at radius 1 is 1.43 bits per heavy atom. The lowest BCUT2D eigenvalue weighted by Crippen LogP contribution is -2.06. The summed E-state index contributed by atoms with van der Waals surface area (Å²) in [4.78, 5) is 9.96. The van der Waals surface area contributed by atoms with Crippen molar-refractivity contribution in [3.05, 3.63) is 44.3 Å². The molecule has 7 heteroatoms. The summed E-state index contributed by atoms with van der Waals surface area (Å²) < 4.78 is 16.2. The van der Waals surface area contributed by atoms with E-state index < -0.39 is 0 Å². The number of rotatable bonds is 4. The Bertz CT molecular complexity index is 799. The van der Waals surface area contributed by atoms with Crippen LogP contribution in [0.15, 0.2) is 22.1 Å². The average molecular weight is 389 g/mol. The Balaban J connectivity index is 2.15. The highest BCUT2D eigenvalue weighted by atomic mass is 79.9. The van der Waals surface area contributed by atoms with E-state index in [2.05, 4.69) is 30.5 Å². The van der Waals surface area contributed by atoms with Crippen LogP contribution in [-0.2, 0) is 13.0 Å². The molecule has 0 aliphatic carbocycles. The second kappa shape index (κ2) is 6.02. The summed E-state index contributed by atoms with van der Waals surface area (Å²) in [6, 6.07) is 3.22. The van der Waals surface area contributed by atoms with Crippen LogP contribution in [-0.4, -0.2) is 20.4 Å². The van der Waals surface area contributed by atoms with Gasteiger partial charge < -0.3 is 4.57 Å². The molecular weight excluding hydrogens is 377 g/mol. The normalized spacial score (nSPS) is 11.4. The highest BCUT2D eigenvalue weighted by molar-refractivity contribution is 9.10. The fraction of sp³-hybridized carbons (Fsp3) is 0.286. The molecule has 0 fully saturated rings. The van der Waals surface area contributed by atoms with Gasteiger partial charge in [0.05, 0.1) is 33.3 Å². The minimum absolute atomic E-state index is 0.307. The fourth-order valence-corrected chi connectivity index (χ4v) is 3.51. The zero-order valence-electron chi connectivity index (χ0n) is 11.2. The quantitative estimate of drug-likeness (QED) is 0.615. The van der Waals surface area contributed by atoms with Gasteiger partial charge in [0, 0.05) is 23.2 Å². The van der Waals surface area contributed by atoms with Crippen LogP contribution in [0.2, 0.25) is 0 Å². The van der Waals surface area contributed by atoms with Gasteiger partial charge in [-0.3, -0.25) is 0 Å². The first-order chi connectivity index (χ1) is 10.1. The van der Waals surface area contributed by atoms with E-state index in [0.717, 1.165) is 17.0 Å². The van der Waals surface area contributed by atoms with Crippen molar-refractivity contribution in [2.75, 3.05) is 5.88 Å². The number of nitrogens with zero attached hydrogens (tertiary/aromatic N) is 3. The molecule has 3 aromatic rings. The summed E-state index contributed by atoms with van der Waals surface area (Å²) >= 11 is 10.7. The third-order valence-corrected chi connectivity index (χ3v) is 5.05. The van der Waals surface area contributed by atoms with Crippen LogP contribution in [0.3, 0.4) is 0 Å². The van der Waals surface area contributed by atoms with Gasteiger partial charge in [-0.25, -0.2) is 14.4 Å². The van der Waals surface area contributed by atoms with E-state index in [0.29, 0.717) is 28.8 Å². The van der Waals surface area contributed by atoms with Gasteiger partial charge in [0.1, 0.15) is 11.6 Å². The van der Waals surface area contributed by atoms with Crippen LogP contribution in [0.25, 0.3) is 11.0 Å². The zero-order chi connectivity index (χ0) is 15.0. The number of aryl methyl sites for hydroxylation is 2. The molecule has 0 atom stereocenters. The first kappa shape index (κ1) is 14.9. The molecule has 3 nitrogen and oxygen atoms in total. The molecule has 110 valence electrons. The Morgan fingerprint density at radius 2 is 2.24 bits per heavy atom. The minimum atomic E-state index is -0.307. The minimum Gasteiger partial charge on any atom is -0.323 e. The number of halogens is 3. The Labute approximate surface area is 138 Å². The molecule has 2 heterocycles. The van der Waals surface area contributed by atoms with Gasteiger partial charge in [-0.1, -0.05) is 0 Å². The second-order valence-corrected chi connectivity index (χ2v) is 6.84. The standard InChI is InChI=1S/C14H12BrClFN3S/c1-8-13(21-7-18-8)6-20-12-4-9(15)10(17)5-11(12)19-14(20)2-3-16/h4-5,7H,2-3,6H2,1H3. The van der Waals surface area contributed by atoms with Gasteiger partial charge in [0.15, 0.2) is 0 Å². The van der Waals surface area contributed by atoms with Crippen LogP contribution in [0.5, 0.6) is 0 Å². The van der Waals surface area contributed by atoms with Crippen molar-refractivity contribution in [1.82, 2.24) is 14.5 Å². The molecule has 0 aliphatic heterocycles. The summed E-state index contributed by atoms with van der Waals surface area (Å²) in [5.41, 5.74) is 4.40. The highest BCUT2D eigenvalue weighted by Gasteiger charge is 2.15. The van der Waals surface area contributed by atoms with Crippen molar-refractivity contribution in [3.63, 3.8) is 0 Å². The number of aromatic nitrogens is 3. The molecule has 0 bridgehead atoms. The van der Waals surface area contributed by atoms with Gasteiger partial charge in [-0.2, -0.15) is 0 Å². The number of benzene rings is 1. The predicted octanol–water partition coefficient (Wildman–Crippen LogP) is 4.53. The molecule has 2 aromatic heterocycles. The number of hydrogen-bond acceptors (Lipinski definition) is 3. The van der Waals surface area contributed by atoms with Gasteiger partial charge in [0.2, 0.25) is 0 Å². The lowest BCUT2D eigenvalue weighted by atomic mass is 10.3.